The van der Waals surface area contributed by atoms with Crippen LogP contribution in [-0.2, 0) is 5.75 Å². The van der Waals surface area contributed by atoms with Gasteiger partial charge in [-0.1, -0.05) is 36.4 Å². The number of hydrazine groups is 1. The van der Waals surface area contributed by atoms with Gasteiger partial charge in [-0.25, -0.2) is 5.84 Å². The van der Waals surface area contributed by atoms with Crippen LogP contribution < -0.4 is 11.3 Å². The second kappa shape index (κ2) is 6.41. The lowest BCUT2D eigenvalue weighted by atomic mass is 10.1. The number of amides is 1. The number of hydrogen-bond acceptors (Lipinski definition) is 3. The van der Waals surface area contributed by atoms with Gasteiger partial charge in [0.15, 0.2) is 0 Å². The van der Waals surface area contributed by atoms with Gasteiger partial charge in [0.1, 0.15) is 0 Å². The average molecular weight is 272 g/mol. The molecule has 0 aliphatic rings. The van der Waals surface area contributed by atoms with Gasteiger partial charge in [-0.15, -0.1) is 11.8 Å². The molecule has 0 saturated heterocycles. The first-order chi connectivity index (χ1) is 9.22. The number of rotatable bonds is 4. The highest BCUT2D eigenvalue weighted by Gasteiger charge is 2.09. The van der Waals surface area contributed by atoms with Crippen molar-refractivity contribution in [2.75, 3.05) is 0 Å². The average Bonchev–Trinajstić information content (AvgIpc) is 2.46. The van der Waals surface area contributed by atoms with Gasteiger partial charge in [-0.2, -0.15) is 0 Å². The van der Waals surface area contributed by atoms with E-state index < -0.39 is 0 Å². The Morgan fingerprint density at radius 1 is 1.16 bits per heavy atom. The molecule has 98 valence electrons. The number of aryl methyl sites for hydroxylation is 1. The third-order valence-corrected chi connectivity index (χ3v) is 4.09. The Bertz CT molecular complexity index is 584. The number of benzene rings is 2. The van der Waals surface area contributed by atoms with E-state index in [1.807, 2.05) is 30.3 Å². The molecular formula is C15H16N2OS. The highest BCUT2D eigenvalue weighted by molar-refractivity contribution is 7.98. The van der Waals surface area contributed by atoms with Gasteiger partial charge in [0.05, 0.1) is 0 Å². The lowest BCUT2D eigenvalue weighted by molar-refractivity contribution is 0.0953. The number of nitrogens with one attached hydrogen (secondary N) is 1. The number of nitrogen functional groups attached to an aromatic ring is 1. The molecule has 0 atom stereocenters. The molecule has 0 aliphatic heterocycles. The van der Waals surface area contributed by atoms with E-state index in [0.29, 0.717) is 5.56 Å². The van der Waals surface area contributed by atoms with E-state index in [2.05, 4.69) is 24.5 Å². The summed E-state index contributed by atoms with van der Waals surface area (Å²) in [7, 11) is 0. The van der Waals surface area contributed by atoms with Gasteiger partial charge in [-0.3, -0.25) is 10.2 Å². The summed E-state index contributed by atoms with van der Waals surface area (Å²) in [5.41, 5.74) is 5.04. The zero-order chi connectivity index (χ0) is 13.7. The Kier molecular flexibility index (Phi) is 4.60. The van der Waals surface area contributed by atoms with Crippen LogP contribution in [0.2, 0.25) is 0 Å². The van der Waals surface area contributed by atoms with E-state index >= 15 is 0 Å². The summed E-state index contributed by atoms with van der Waals surface area (Å²) in [6, 6.07) is 15.7. The second-order valence-corrected chi connectivity index (χ2v) is 5.20. The third-order valence-electron chi connectivity index (χ3n) is 2.87. The van der Waals surface area contributed by atoms with Crippen molar-refractivity contribution in [2.45, 2.75) is 17.6 Å². The van der Waals surface area contributed by atoms with E-state index in [-0.39, 0.29) is 5.91 Å². The lowest BCUT2D eigenvalue weighted by Crippen LogP contribution is -2.30. The van der Waals surface area contributed by atoms with Crippen molar-refractivity contribution >= 4 is 17.7 Å². The fourth-order valence-corrected chi connectivity index (χ4v) is 2.85. The molecule has 0 heterocycles. The highest BCUT2D eigenvalue weighted by atomic mass is 32.2. The number of carbonyl (C=O) groups excluding carboxylic acids is 1. The van der Waals surface area contributed by atoms with Crippen LogP contribution in [0.1, 0.15) is 21.5 Å². The zero-order valence-corrected chi connectivity index (χ0v) is 11.5. The normalized spacial score (nSPS) is 10.2. The van der Waals surface area contributed by atoms with Crippen LogP contribution in [0.25, 0.3) is 0 Å². The van der Waals surface area contributed by atoms with Gasteiger partial charge >= 0.3 is 0 Å². The molecule has 19 heavy (non-hydrogen) atoms. The Labute approximate surface area is 117 Å². The summed E-state index contributed by atoms with van der Waals surface area (Å²) >= 11 is 1.72. The number of hydrogen-bond donors (Lipinski definition) is 2. The fraction of sp³-hybridized carbons (Fsp3) is 0.133. The minimum absolute atomic E-state index is 0.249. The molecule has 1 amide bonds. The van der Waals surface area contributed by atoms with Crippen LogP contribution in [0.4, 0.5) is 0 Å². The van der Waals surface area contributed by atoms with Crippen LogP contribution in [0.15, 0.2) is 53.4 Å². The molecule has 2 rings (SSSR count). The minimum Gasteiger partial charge on any atom is -0.290 e. The smallest absolute Gasteiger partial charge is 0.265 e. The Hall–Kier alpha value is -1.78. The number of nitrogens with two attached hydrogens (primary N) is 1. The molecule has 2 aromatic carbocycles. The van der Waals surface area contributed by atoms with Crippen molar-refractivity contribution in [3.63, 3.8) is 0 Å². The van der Waals surface area contributed by atoms with Crippen LogP contribution in [-0.4, -0.2) is 5.91 Å². The van der Waals surface area contributed by atoms with Crippen LogP contribution in [0, 0.1) is 6.92 Å². The van der Waals surface area contributed by atoms with Gasteiger partial charge < -0.3 is 0 Å². The summed E-state index contributed by atoms with van der Waals surface area (Å²) in [6.45, 7) is 2.08. The summed E-state index contributed by atoms with van der Waals surface area (Å²) in [5, 5.41) is 0. The molecule has 3 nitrogen and oxygen atoms in total. The van der Waals surface area contributed by atoms with E-state index in [4.69, 9.17) is 5.84 Å². The van der Waals surface area contributed by atoms with Gasteiger partial charge in [-0.05, 0) is 30.2 Å². The Morgan fingerprint density at radius 3 is 2.58 bits per heavy atom. The zero-order valence-electron chi connectivity index (χ0n) is 10.7. The molecule has 2 aromatic rings. The molecular weight excluding hydrogens is 256 g/mol. The van der Waals surface area contributed by atoms with Crippen molar-refractivity contribution in [1.29, 1.82) is 0 Å². The summed E-state index contributed by atoms with van der Waals surface area (Å²) in [6.07, 6.45) is 0. The molecule has 3 N–H and O–H groups in total. The van der Waals surface area contributed by atoms with E-state index in [0.717, 1.165) is 11.3 Å². The maximum absolute atomic E-state index is 11.7. The maximum Gasteiger partial charge on any atom is 0.265 e. The largest absolute Gasteiger partial charge is 0.290 e. The van der Waals surface area contributed by atoms with Crippen LogP contribution in [0.3, 0.4) is 0 Å². The number of thioether (sulfide) groups is 1. The van der Waals surface area contributed by atoms with Crippen molar-refractivity contribution in [2.24, 2.45) is 5.84 Å². The van der Waals surface area contributed by atoms with Gasteiger partial charge in [0.25, 0.3) is 5.91 Å². The monoisotopic (exact) mass is 272 g/mol. The van der Waals surface area contributed by atoms with E-state index in [1.54, 1.807) is 17.8 Å². The maximum atomic E-state index is 11.7. The molecule has 4 heteroatoms. The highest BCUT2D eigenvalue weighted by Crippen LogP contribution is 2.26. The second-order valence-electron chi connectivity index (χ2n) is 4.18. The lowest BCUT2D eigenvalue weighted by Gasteiger charge is -2.09. The molecule has 0 saturated carbocycles. The van der Waals surface area contributed by atoms with Crippen LogP contribution in [0.5, 0.6) is 0 Å². The molecule has 0 aliphatic carbocycles. The standard InChI is InChI=1S/C15H16N2OS/c1-11-6-2-5-9-14(11)19-10-12-7-3-4-8-13(12)15(18)17-16/h2-9H,10,16H2,1H3,(H,17,18). The predicted octanol–water partition coefficient (Wildman–Crippen LogP) is 2.89. The van der Waals surface area contributed by atoms with Gasteiger partial charge in [0.2, 0.25) is 0 Å². The summed E-state index contributed by atoms with van der Waals surface area (Å²) < 4.78 is 0. The molecule has 0 aromatic heterocycles. The predicted molar refractivity (Wildman–Crippen MR) is 78.8 cm³/mol. The van der Waals surface area contributed by atoms with E-state index in [1.165, 1.54) is 10.5 Å². The van der Waals surface area contributed by atoms with Crippen molar-refractivity contribution < 1.29 is 4.79 Å². The summed E-state index contributed by atoms with van der Waals surface area (Å²) in [5.74, 6) is 5.69. The Morgan fingerprint density at radius 2 is 1.84 bits per heavy atom. The SMILES string of the molecule is Cc1ccccc1SCc1ccccc1C(=O)NN. The quantitative estimate of drug-likeness (QED) is 0.389. The first-order valence-electron chi connectivity index (χ1n) is 5.99. The van der Waals surface area contributed by atoms with Crippen molar-refractivity contribution in [1.82, 2.24) is 5.43 Å². The molecule has 0 bridgehead atoms. The number of carbonyl (C=O) groups is 1. The summed E-state index contributed by atoms with van der Waals surface area (Å²) in [4.78, 5) is 12.9. The van der Waals surface area contributed by atoms with Crippen LogP contribution >= 0.6 is 11.8 Å². The molecule has 0 spiro atoms. The van der Waals surface area contributed by atoms with E-state index in [9.17, 15) is 4.79 Å². The first kappa shape index (κ1) is 13.6. The Balaban J connectivity index is 2.16. The van der Waals surface area contributed by atoms with Gasteiger partial charge in [0, 0.05) is 16.2 Å². The molecule has 0 fully saturated rings. The molecule has 0 radical (unpaired) electrons. The minimum atomic E-state index is -0.249. The third kappa shape index (κ3) is 3.36. The van der Waals surface area contributed by atoms with Crippen molar-refractivity contribution in [3.8, 4) is 0 Å². The molecule has 0 unspecified atom stereocenters. The van der Waals surface area contributed by atoms with Crippen molar-refractivity contribution in [3.05, 3.63) is 65.2 Å². The first-order valence-corrected chi connectivity index (χ1v) is 6.98. The fourth-order valence-electron chi connectivity index (χ4n) is 1.82. The topological polar surface area (TPSA) is 55.1 Å².